The molecule has 150 valence electrons. The van der Waals surface area contributed by atoms with Crippen LogP contribution >= 0.6 is 11.6 Å². The molecule has 1 aliphatic heterocycles. The van der Waals surface area contributed by atoms with Crippen LogP contribution in [0.1, 0.15) is 17.5 Å². The van der Waals surface area contributed by atoms with Gasteiger partial charge in [0, 0.05) is 23.2 Å². The number of hydrogen-bond acceptors (Lipinski definition) is 3. The van der Waals surface area contributed by atoms with Crippen molar-refractivity contribution in [3.8, 4) is 0 Å². The lowest BCUT2D eigenvalue weighted by Crippen LogP contribution is -3.09. The molecule has 2 aromatic rings. The Bertz CT molecular complexity index is 901. The van der Waals surface area contributed by atoms with Gasteiger partial charge in [0.2, 0.25) is 0 Å². The van der Waals surface area contributed by atoms with Crippen LogP contribution in [0.15, 0.2) is 54.6 Å². The number of sulfone groups is 1. The number of rotatable bonds is 7. The number of carbonyl (C=O) groups excluding carboxylic acids is 1. The van der Waals surface area contributed by atoms with E-state index in [9.17, 15) is 13.2 Å². The Hall–Kier alpha value is -1.89. The summed E-state index contributed by atoms with van der Waals surface area (Å²) in [5.41, 5.74) is 2.11. The molecule has 1 unspecified atom stereocenters. The second kappa shape index (κ2) is 9.07. The predicted molar refractivity (Wildman–Crippen MR) is 111 cm³/mol. The zero-order valence-electron chi connectivity index (χ0n) is 16.0. The highest BCUT2D eigenvalue weighted by Gasteiger charge is 2.35. The first-order valence-electron chi connectivity index (χ1n) is 9.42. The maximum atomic E-state index is 13.1. The third kappa shape index (κ3) is 5.80. The molecule has 0 bridgehead atoms. The van der Waals surface area contributed by atoms with Crippen molar-refractivity contribution < 1.29 is 18.1 Å². The number of carbonyl (C=O) groups is 1. The Morgan fingerprint density at radius 3 is 2.39 bits per heavy atom. The summed E-state index contributed by atoms with van der Waals surface area (Å²) in [5.74, 6) is 0.198. The van der Waals surface area contributed by atoms with Gasteiger partial charge in [0.25, 0.3) is 5.91 Å². The SMILES string of the molecule is C[NH+](CC(=O)N(Cc1ccccc1)[C@@H]1CCS(=O)(=O)C1)Cc1ccc(Cl)cc1. The second-order valence-electron chi connectivity index (χ2n) is 7.50. The molecule has 1 saturated heterocycles. The molecule has 1 heterocycles. The first kappa shape index (κ1) is 20.8. The first-order chi connectivity index (χ1) is 13.3. The van der Waals surface area contributed by atoms with E-state index < -0.39 is 9.84 Å². The molecule has 0 saturated carbocycles. The second-order valence-corrected chi connectivity index (χ2v) is 10.2. The number of halogens is 1. The molecule has 0 aromatic heterocycles. The summed E-state index contributed by atoms with van der Waals surface area (Å²) in [6, 6.07) is 17.1. The lowest BCUT2D eigenvalue weighted by molar-refractivity contribution is -0.885. The molecule has 0 spiro atoms. The van der Waals surface area contributed by atoms with Crippen molar-refractivity contribution in [2.24, 2.45) is 0 Å². The molecule has 2 aromatic carbocycles. The number of benzene rings is 2. The van der Waals surface area contributed by atoms with Gasteiger partial charge in [-0.15, -0.1) is 0 Å². The number of nitrogens with zero attached hydrogens (tertiary/aromatic N) is 1. The van der Waals surface area contributed by atoms with Crippen LogP contribution in [-0.4, -0.2) is 50.4 Å². The summed E-state index contributed by atoms with van der Waals surface area (Å²) in [6.07, 6.45) is 0.511. The quantitative estimate of drug-likeness (QED) is 0.738. The minimum atomic E-state index is -3.06. The average Bonchev–Trinajstić information content (AvgIpc) is 3.02. The smallest absolute Gasteiger partial charge is 0.278 e. The van der Waals surface area contributed by atoms with Crippen LogP contribution in [0.5, 0.6) is 0 Å². The van der Waals surface area contributed by atoms with E-state index in [2.05, 4.69) is 0 Å². The molecular formula is C21H26ClN2O3S+. The van der Waals surface area contributed by atoms with Crippen LogP contribution in [0, 0.1) is 0 Å². The molecule has 1 aliphatic rings. The van der Waals surface area contributed by atoms with Crippen molar-refractivity contribution in [2.45, 2.75) is 25.6 Å². The summed E-state index contributed by atoms with van der Waals surface area (Å²) in [5, 5.41) is 0.689. The van der Waals surface area contributed by atoms with Crippen molar-refractivity contribution in [1.29, 1.82) is 0 Å². The molecule has 5 nitrogen and oxygen atoms in total. The van der Waals surface area contributed by atoms with Gasteiger partial charge in [-0.25, -0.2) is 8.42 Å². The summed E-state index contributed by atoms with van der Waals surface area (Å²) in [7, 11) is -1.09. The molecule has 1 N–H and O–H groups in total. The Labute approximate surface area is 171 Å². The van der Waals surface area contributed by atoms with Crippen molar-refractivity contribution in [1.82, 2.24) is 4.90 Å². The zero-order valence-corrected chi connectivity index (χ0v) is 17.5. The van der Waals surface area contributed by atoms with Gasteiger partial charge < -0.3 is 9.80 Å². The fraction of sp³-hybridized carbons (Fsp3) is 0.381. The molecule has 7 heteroatoms. The molecule has 2 atom stereocenters. The molecular weight excluding hydrogens is 396 g/mol. The van der Waals surface area contributed by atoms with Crippen molar-refractivity contribution in [2.75, 3.05) is 25.1 Å². The van der Waals surface area contributed by atoms with E-state index in [-0.39, 0.29) is 23.5 Å². The normalized spacial score (nSPS) is 19.3. The number of amides is 1. The van der Waals surface area contributed by atoms with Crippen molar-refractivity contribution in [3.63, 3.8) is 0 Å². The van der Waals surface area contributed by atoms with E-state index >= 15 is 0 Å². The van der Waals surface area contributed by atoms with Gasteiger partial charge in [-0.1, -0.05) is 54.1 Å². The van der Waals surface area contributed by atoms with Crippen molar-refractivity contribution >= 4 is 27.3 Å². The van der Waals surface area contributed by atoms with Crippen LogP contribution in [0.4, 0.5) is 0 Å². The van der Waals surface area contributed by atoms with Gasteiger partial charge in [-0.3, -0.25) is 4.79 Å². The van der Waals surface area contributed by atoms with Gasteiger partial charge in [0.05, 0.1) is 18.6 Å². The van der Waals surface area contributed by atoms with Gasteiger partial charge in [-0.05, 0) is 24.1 Å². The maximum Gasteiger partial charge on any atom is 0.278 e. The lowest BCUT2D eigenvalue weighted by Gasteiger charge is -2.29. The van der Waals surface area contributed by atoms with E-state index in [1.807, 2.05) is 61.6 Å². The average molecular weight is 422 g/mol. The topological polar surface area (TPSA) is 58.9 Å². The van der Waals surface area contributed by atoms with Gasteiger partial charge >= 0.3 is 0 Å². The molecule has 1 fully saturated rings. The van der Waals surface area contributed by atoms with Gasteiger partial charge in [0.15, 0.2) is 16.4 Å². The highest BCUT2D eigenvalue weighted by atomic mass is 35.5. The van der Waals surface area contributed by atoms with Crippen LogP contribution in [-0.2, 0) is 27.7 Å². The lowest BCUT2D eigenvalue weighted by atomic mass is 10.1. The van der Waals surface area contributed by atoms with E-state index in [4.69, 9.17) is 11.6 Å². The van der Waals surface area contributed by atoms with Gasteiger partial charge in [-0.2, -0.15) is 0 Å². The molecule has 3 rings (SSSR count). The highest BCUT2D eigenvalue weighted by Crippen LogP contribution is 2.20. The largest absolute Gasteiger partial charge is 0.329 e. The minimum Gasteiger partial charge on any atom is -0.329 e. The van der Waals surface area contributed by atoms with Crippen LogP contribution in [0.3, 0.4) is 0 Å². The van der Waals surface area contributed by atoms with Crippen LogP contribution in [0.25, 0.3) is 0 Å². The summed E-state index contributed by atoms with van der Waals surface area (Å²) in [4.78, 5) is 15.9. The summed E-state index contributed by atoms with van der Waals surface area (Å²) >= 11 is 5.93. The number of quaternary nitrogens is 1. The van der Waals surface area contributed by atoms with Crippen molar-refractivity contribution in [3.05, 3.63) is 70.7 Å². The number of likely N-dealkylation sites (N-methyl/N-ethyl adjacent to an activating group) is 1. The third-order valence-corrected chi connectivity index (χ3v) is 7.04. The molecule has 0 aliphatic carbocycles. The molecule has 0 radical (unpaired) electrons. The van der Waals surface area contributed by atoms with E-state index in [1.165, 1.54) is 0 Å². The van der Waals surface area contributed by atoms with E-state index in [0.717, 1.165) is 16.0 Å². The monoisotopic (exact) mass is 421 g/mol. The van der Waals surface area contributed by atoms with E-state index in [0.29, 0.717) is 31.1 Å². The minimum absolute atomic E-state index is 0.0163. The third-order valence-electron chi connectivity index (χ3n) is 5.04. The fourth-order valence-corrected chi connectivity index (χ4v) is 5.45. The zero-order chi connectivity index (χ0) is 20.1. The Morgan fingerprint density at radius 2 is 1.79 bits per heavy atom. The molecule has 1 amide bonds. The standard InChI is InChI=1S/C21H25ClN2O3S/c1-23(13-18-7-9-19(22)10-8-18)15-21(25)24(14-17-5-3-2-4-6-17)20-11-12-28(26,27)16-20/h2-10,20H,11-16H2,1H3/p+1/t20-/m1/s1. The fourth-order valence-electron chi connectivity index (χ4n) is 3.60. The Kier molecular flexibility index (Phi) is 6.75. The van der Waals surface area contributed by atoms with Crippen LogP contribution in [0.2, 0.25) is 5.02 Å². The summed E-state index contributed by atoms with van der Waals surface area (Å²) in [6.45, 7) is 1.45. The predicted octanol–water partition coefficient (Wildman–Crippen LogP) is 1.57. The highest BCUT2D eigenvalue weighted by molar-refractivity contribution is 7.91. The molecule has 28 heavy (non-hydrogen) atoms. The van der Waals surface area contributed by atoms with E-state index in [1.54, 1.807) is 4.90 Å². The summed E-state index contributed by atoms with van der Waals surface area (Å²) < 4.78 is 23.9. The number of nitrogens with one attached hydrogen (secondary N) is 1. The van der Waals surface area contributed by atoms with Gasteiger partial charge in [0.1, 0.15) is 6.54 Å². The Morgan fingerprint density at radius 1 is 1.11 bits per heavy atom. The number of hydrogen-bond donors (Lipinski definition) is 1. The Balaban J connectivity index is 1.69. The van der Waals surface area contributed by atoms with Crippen LogP contribution < -0.4 is 4.90 Å². The first-order valence-corrected chi connectivity index (χ1v) is 11.6. The maximum absolute atomic E-state index is 13.1.